The van der Waals surface area contributed by atoms with Crippen LogP contribution in [0, 0.1) is 0 Å². The number of likely N-dealkylation sites (tertiary alicyclic amines) is 1. The summed E-state index contributed by atoms with van der Waals surface area (Å²) in [6.45, 7) is 1.54. The molecule has 0 spiro atoms. The molecule has 1 saturated heterocycles. The molecular weight excluding hydrogens is 292 g/mol. The molecule has 0 bridgehead atoms. The zero-order valence-corrected chi connectivity index (χ0v) is 13.5. The van der Waals surface area contributed by atoms with Gasteiger partial charge in [0, 0.05) is 30.7 Å². The van der Waals surface area contributed by atoms with Crippen LogP contribution in [-0.4, -0.2) is 49.2 Å². The van der Waals surface area contributed by atoms with Crippen LogP contribution in [0.4, 0.5) is 10.5 Å². The predicted octanol–water partition coefficient (Wildman–Crippen LogP) is 2.46. The third-order valence-corrected chi connectivity index (χ3v) is 4.38. The van der Waals surface area contributed by atoms with Gasteiger partial charge in [0.25, 0.3) is 0 Å². The summed E-state index contributed by atoms with van der Waals surface area (Å²) in [5.74, 6) is 0.746. The maximum atomic E-state index is 12.5. The summed E-state index contributed by atoms with van der Waals surface area (Å²) >= 11 is 0. The Hall–Kier alpha value is -2.34. The number of nitrogens with zero attached hydrogens (tertiary/aromatic N) is 2. The van der Waals surface area contributed by atoms with Crippen molar-refractivity contribution in [1.82, 2.24) is 15.2 Å². The number of aromatic nitrogens is 1. The minimum absolute atomic E-state index is 0.0603. The predicted molar refractivity (Wildman–Crippen MR) is 91.0 cm³/mol. The minimum Gasteiger partial charge on any atom is -0.497 e. The van der Waals surface area contributed by atoms with Crippen molar-refractivity contribution in [2.45, 2.75) is 18.9 Å². The van der Waals surface area contributed by atoms with Gasteiger partial charge >= 0.3 is 6.03 Å². The van der Waals surface area contributed by atoms with E-state index >= 15 is 0 Å². The summed E-state index contributed by atoms with van der Waals surface area (Å²) in [4.78, 5) is 18.7. The number of anilines is 1. The van der Waals surface area contributed by atoms with Gasteiger partial charge in [-0.2, -0.15) is 0 Å². The highest BCUT2D eigenvalue weighted by molar-refractivity contribution is 6.00. The number of urea groups is 1. The first-order valence-corrected chi connectivity index (χ1v) is 7.87. The van der Waals surface area contributed by atoms with E-state index in [0.29, 0.717) is 6.04 Å². The van der Waals surface area contributed by atoms with Gasteiger partial charge in [0.1, 0.15) is 5.75 Å². The van der Waals surface area contributed by atoms with Crippen molar-refractivity contribution in [1.29, 1.82) is 0 Å². The summed E-state index contributed by atoms with van der Waals surface area (Å²) in [7, 11) is 3.60. The average Bonchev–Trinajstić information content (AvgIpc) is 2.61. The molecule has 2 heterocycles. The summed E-state index contributed by atoms with van der Waals surface area (Å²) in [5.41, 5.74) is 1.59. The standard InChI is InChI=1S/C17H22N4O2/c1-18-12-6-9-21(10-7-12)17(22)20-16-5-8-19-15-4-3-13(23-2)11-14(15)16/h3-5,8,11-12,18H,6-7,9-10H2,1-2H3,(H,19,20,22). The number of rotatable bonds is 3. The highest BCUT2D eigenvalue weighted by Gasteiger charge is 2.22. The zero-order valence-electron chi connectivity index (χ0n) is 13.5. The number of carbonyl (C=O) groups is 1. The Labute approximate surface area is 135 Å². The minimum atomic E-state index is -0.0603. The quantitative estimate of drug-likeness (QED) is 0.913. The van der Waals surface area contributed by atoms with Gasteiger partial charge in [0.15, 0.2) is 0 Å². The molecule has 1 fully saturated rings. The first kappa shape index (κ1) is 15.6. The fraction of sp³-hybridized carbons (Fsp3) is 0.412. The Bertz CT molecular complexity index is 696. The van der Waals surface area contributed by atoms with E-state index in [1.165, 1.54) is 0 Å². The van der Waals surface area contributed by atoms with Crippen LogP contribution in [0.25, 0.3) is 10.9 Å². The van der Waals surface area contributed by atoms with Gasteiger partial charge in [0.05, 0.1) is 18.3 Å². The number of benzene rings is 1. The van der Waals surface area contributed by atoms with Crippen LogP contribution in [0.1, 0.15) is 12.8 Å². The maximum absolute atomic E-state index is 12.5. The number of carbonyl (C=O) groups excluding carboxylic acids is 1. The maximum Gasteiger partial charge on any atom is 0.321 e. The van der Waals surface area contributed by atoms with Gasteiger partial charge in [-0.15, -0.1) is 0 Å². The van der Waals surface area contributed by atoms with Crippen molar-refractivity contribution >= 4 is 22.6 Å². The summed E-state index contributed by atoms with van der Waals surface area (Å²) in [6.07, 6.45) is 3.67. The van der Waals surface area contributed by atoms with Crippen molar-refractivity contribution in [3.8, 4) is 5.75 Å². The van der Waals surface area contributed by atoms with Gasteiger partial charge in [0.2, 0.25) is 0 Å². The van der Waals surface area contributed by atoms with Crippen LogP contribution in [-0.2, 0) is 0 Å². The summed E-state index contributed by atoms with van der Waals surface area (Å²) in [5, 5.41) is 7.16. The van der Waals surface area contributed by atoms with Crippen molar-refractivity contribution < 1.29 is 9.53 Å². The Kier molecular flexibility index (Phi) is 4.62. The van der Waals surface area contributed by atoms with Crippen LogP contribution in [0.2, 0.25) is 0 Å². The molecule has 2 N–H and O–H groups in total. The van der Waals surface area contributed by atoms with Gasteiger partial charge in [-0.05, 0) is 44.2 Å². The van der Waals surface area contributed by atoms with Gasteiger partial charge in [-0.25, -0.2) is 4.79 Å². The zero-order chi connectivity index (χ0) is 16.2. The molecule has 122 valence electrons. The monoisotopic (exact) mass is 314 g/mol. The normalized spacial score (nSPS) is 15.7. The number of piperidine rings is 1. The second-order valence-electron chi connectivity index (χ2n) is 5.72. The molecule has 0 saturated carbocycles. The number of hydrogen-bond acceptors (Lipinski definition) is 4. The SMILES string of the molecule is CNC1CCN(C(=O)Nc2ccnc3ccc(OC)cc23)CC1. The third kappa shape index (κ3) is 3.37. The topological polar surface area (TPSA) is 66.5 Å². The molecular formula is C17H22N4O2. The van der Waals surface area contributed by atoms with E-state index < -0.39 is 0 Å². The molecule has 0 unspecified atom stereocenters. The second-order valence-corrected chi connectivity index (χ2v) is 5.72. The van der Waals surface area contributed by atoms with E-state index in [4.69, 9.17) is 4.74 Å². The highest BCUT2D eigenvalue weighted by atomic mass is 16.5. The number of fused-ring (bicyclic) bond motifs is 1. The molecule has 1 aliphatic rings. The molecule has 1 aromatic carbocycles. The molecule has 0 radical (unpaired) electrons. The third-order valence-electron chi connectivity index (χ3n) is 4.38. The van der Waals surface area contributed by atoms with Crippen LogP contribution in [0.5, 0.6) is 5.75 Å². The van der Waals surface area contributed by atoms with Crippen molar-refractivity contribution in [2.75, 3.05) is 32.6 Å². The highest BCUT2D eigenvalue weighted by Crippen LogP contribution is 2.26. The number of amides is 2. The molecule has 1 aromatic heterocycles. The number of hydrogen-bond donors (Lipinski definition) is 2. The van der Waals surface area contributed by atoms with E-state index in [2.05, 4.69) is 15.6 Å². The Balaban J connectivity index is 1.77. The number of nitrogens with one attached hydrogen (secondary N) is 2. The van der Waals surface area contributed by atoms with Gasteiger partial charge < -0.3 is 20.3 Å². The number of ether oxygens (including phenoxy) is 1. The summed E-state index contributed by atoms with van der Waals surface area (Å²) in [6, 6.07) is 7.91. The first-order chi connectivity index (χ1) is 11.2. The number of pyridine rings is 1. The molecule has 3 rings (SSSR count). The molecule has 2 aromatic rings. The lowest BCUT2D eigenvalue weighted by molar-refractivity contribution is 0.190. The van der Waals surface area contributed by atoms with Crippen molar-refractivity contribution in [3.05, 3.63) is 30.5 Å². The Morgan fingerprint density at radius 3 is 2.78 bits per heavy atom. The van der Waals surface area contributed by atoms with Gasteiger partial charge in [-0.1, -0.05) is 0 Å². The van der Waals surface area contributed by atoms with Crippen LogP contribution >= 0.6 is 0 Å². The molecule has 6 nitrogen and oxygen atoms in total. The number of methoxy groups -OCH3 is 1. The smallest absolute Gasteiger partial charge is 0.321 e. The molecule has 1 aliphatic heterocycles. The molecule has 2 amide bonds. The lowest BCUT2D eigenvalue weighted by Gasteiger charge is -2.31. The molecule has 23 heavy (non-hydrogen) atoms. The lowest BCUT2D eigenvalue weighted by Crippen LogP contribution is -2.45. The van der Waals surface area contributed by atoms with Gasteiger partial charge in [-0.3, -0.25) is 4.98 Å². The fourth-order valence-electron chi connectivity index (χ4n) is 2.93. The van der Waals surface area contributed by atoms with Crippen LogP contribution in [0.3, 0.4) is 0 Å². The summed E-state index contributed by atoms with van der Waals surface area (Å²) < 4.78 is 5.26. The van der Waals surface area contributed by atoms with E-state index in [0.717, 1.165) is 48.3 Å². The Morgan fingerprint density at radius 1 is 1.30 bits per heavy atom. The van der Waals surface area contributed by atoms with Crippen molar-refractivity contribution in [2.24, 2.45) is 0 Å². The van der Waals surface area contributed by atoms with Crippen molar-refractivity contribution in [3.63, 3.8) is 0 Å². The van der Waals surface area contributed by atoms with E-state index in [-0.39, 0.29) is 6.03 Å². The largest absolute Gasteiger partial charge is 0.497 e. The molecule has 6 heteroatoms. The van der Waals surface area contributed by atoms with Crippen LogP contribution in [0.15, 0.2) is 30.5 Å². The van der Waals surface area contributed by atoms with E-state index in [1.54, 1.807) is 13.3 Å². The Morgan fingerprint density at radius 2 is 2.09 bits per heavy atom. The first-order valence-electron chi connectivity index (χ1n) is 7.87. The molecule has 0 aliphatic carbocycles. The van der Waals surface area contributed by atoms with E-state index in [1.807, 2.05) is 36.2 Å². The lowest BCUT2D eigenvalue weighted by atomic mass is 10.1. The fourth-order valence-corrected chi connectivity index (χ4v) is 2.93. The second kappa shape index (κ2) is 6.83. The average molecular weight is 314 g/mol. The molecule has 0 atom stereocenters. The van der Waals surface area contributed by atoms with Crippen LogP contribution < -0.4 is 15.4 Å². The van der Waals surface area contributed by atoms with E-state index in [9.17, 15) is 4.79 Å².